The third-order valence-electron chi connectivity index (χ3n) is 5.49. The van der Waals surface area contributed by atoms with Crippen molar-refractivity contribution >= 4 is 16.9 Å². The summed E-state index contributed by atoms with van der Waals surface area (Å²) >= 11 is 0. The predicted octanol–water partition coefficient (Wildman–Crippen LogP) is 3.97. The number of benzene rings is 1. The van der Waals surface area contributed by atoms with E-state index in [1.807, 2.05) is 60.8 Å². The Morgan fingerprint density at radius 3 is 2.56 bits per heavy atom. The Bertz CT molecular complexity index is 1360. The molecule has 0 amide bonds. The molecule has 1 saturated heterocycles. The first kappa shape index (κ1) is 18.7. The maximum Gasteiger partial charge on any atom is 0.253 e. The molecule has 6 rings (SSSR count). The van der Waals surface area contributed by atoms with E-state index in [0.717, 1.165) is 52.5 Å². The van der Waals surface area contributed by atoms with Crippen molar-refractivity contribution in [2.24, 2.45) is 0 Å². The van der Waals surface area contributed by atoms with Gasteiger partial charge in [0.1, 0.15) is 11.3 Å². The standard InChI is InChI=1S/C24H20N6O2/c1-2-5-17(6-3-1)19-8-9-30(28-19)24-26-20-15-18(21-7-4-12-32-21)16-25-22(20)23(27-24)29-10-13-31-14-11-29/h1-9,12,15-16H,10-11,13-14H2. The van der Waals surface area contributed by atoms with E-state index in [1.54, 1.807) is 17.1 Å². The second-order valence-electron chi connectivity index (χ2n) is 7.53. The minimum atomic E-state index is 0.500. The summed E-state index contributed by atoms with van der Waals surface area (Å²) in [4.78, 5) is 16.6. The van der Waals surface area contributed by atoms with E-state index >= 15 is 0 Å². The Hall–Kier alpha value is -4.04. The van der Waals surface area contributed by atoms with Crippen LogP contribution in [-0.2, 0) is 4.74 Å². The molecule has 8 heteroatoms. The molecule has 8 nitrogen and oxygen atoms in total. The van der Waals surface area contributed by atoms with Gasteiger partial charge in [-0.15, -0.1) is 0 Å². The molecule has 158 valence electrons. The van der Waals surface area contributed by atoms with Crippen LogP contribution in [0.2, 0.25) is 0 Å². The van der Waals surface area contributed by atoms with E-state index in [2.05, 4.69) is 4.90 Å². The van der Waals surface area contributed by atoms with Crippen LogP contribution in [0.1, 0.15) is 0 Å². The van der Waals surface area contributed by atoms with Crippen molar-refractivity contribution in [3.8, 4) is 28.5 Å². The largest absolute Gasteiger partial charge is 0.464 e. The van der Waals surface area contributed by atoms with Crippen LogP contribution in [-0.4, -0.2) is 51.0 Å². The highest BCUT2D eigenvalue weighted by Crippen LogP contribution is 2.28. The molecule has 1 aliphatic rings. The summed E-state index contributed by atoms with van der Waals surface area (Å²) in [6.07, 6.45) is 5.34. The van der Waals surface area contributed by atoms with Gasteiger partial charge in [0.25, 0.3) is 5.95 Å². The number of pyridine rings is 1. The fourth-order valence-corrected chi connectivity index (χ4v) is 3.86. The number of anilines is 1. The average molecular weight is 424 g/mol. The molecule has 0 spiro atoms. The lowest BCUT2D eigenvalue weighted by Crippen LogP contribution is -2.37. The van der Waals surface area contributed by atoms with Gasteiger partial charge in [-0.2, -0.15) is 10.1 Å². The molecule has 32 heavy (non-hydrogen) atoms. The van der Waals surface area contributed by atoms with E-state index in [1.165, 1.54) is 0 Å². The van der Waals surface area contributed by atoms with Gasteiger partial charge in [0, 0.05) is 36.6 Å². The van der Waals surface area contributed by atoms with Crippen molar-refractivity contribution in [3.05, 3.63) is 73.3 Å². The number of hydrogen-bond acceptors (Lipinski definition) is 7. The topological polar surface area (TPSA) is 82.1 Å². The third kappa shape index (κ3) is 3.40. The maximum atomic E-state index is 5.55. The molecule has 0 unspecified atom stereocenters. The Morgan fingerprint density at radius 2 is 1.75 bits per heavy atom. The van der Waals surface area contributed by atoms with Gasteiger partial charge in [-0.3, -0.25) is 0 Å². The van der Waals surface area contributed by atoms with Gasteiger partial charge >= 0.3 is 0 Å². The summed E-state index contributed by atoms with van der Waals surface area (Å²) < 4.78 is 12.8. The number of ether oxygens (including phenoxy) is 1. The van der Waals surface area contributed by atoms with Crippen molar-refractivity contribution < 1.29 is 9.15 Å². The second kappa shape index (κ2) is 7.90. The Kier molecular flexibility index (Phi) is 4.62. The van der Waals surface area contributed by atoms with Crippen molar-refractivity contribution in [3.63, 3.8) is 0 Å². The van der Waals surface area contributed by atoms with E-state index in [0.29, 0.717) is 19.2 Å². The second-order valence-corrected chi connectivity index (χ2v) is 7.53. The number of rotatable bonds is 4. The number of nitrogens with zero attached hydrogens (tertiary/aromatic N) is 6. The van der Waals surface area contributed by atoms with Crippen LogP contribution in [0, 0.1) is 0 Å². The number of furan rings is 1. The smallest absolute Gasteiger partial charge is 0.253 e. The Labute approximate surface area is 184 Å². The summed E-state index contributed by atoms with van der Waals surface area (Å²) in [5, 5.41) is 4.73. The maximum absolute atomic E-state index is 5.55. The minimum absolute atomic E-state index is 0.500. The van der Waals surface area contributed by atoms with Crippen molar-refractivity contribution in [1.82, 2.24) is 24.7 Å². The Morgan fingerprint density at radius 1 is 0.875 bits per heavy atom. The van der Waals surface area contributed by atoms with Gasteiger partial charge < -0.3 is 14.1 Å². The van der Waals surface area contributed by atoms with Gasteiger partial charge in [0.2, 0.25) is 0 Å². The zero-order chi connectivity index (χ0) is 21.3. The van der Waals surface area contributed by atoms with Crippen LogP contribution < -0.4 is 4.90 Å². The summed E-state index contributed by atoms with van der Waals surface area (Å²) in [5.41, 5.74) is 4.26. The van der Waals surface area contributed by atoms with E-state index in [4.69, 9.17) is 29.2 Å². The van der Waals surface area contributed by atoms with Crippen molar-refractivity contribution in [2.75, 3.05) is 31.2 Å². The molecular weight excluding hydrogens is 404 g/mol. The summed E-state index contributed by atoms with van der Waals surface area (Å²) in [7, 11) is 0. The quantitative estimate of drug-likeness (QED) is 0.432. The SMILES string of the molecule is c1ccc(-c2ccn(-c3nc(N4CCOCC4)c4ncc(-c5ccco5)cc4n3)n2)cc1. The van der Waals surface area contributed by atoms with Crippen LogP contribution in [0.25, 0.3) is 39.6 Å². The zero-order valence-electron chi connectivity index (χ0n) is 17.3. The molecule has 0 bridgehead atoms. The molecule has 0 radical (unpaired) electrons. The van der Waals surface area contributed by atoms with Crippen LogP contribution in [0.4, 0.5) is 5.82 Å². The van der Waals surface area contributed by atoms with E-state index in [9.17, 15) is 0 Å². The first-order chi connectivity index (χ1) is 15.8. The summed E-state index contributed by atoms with van der Waals surface area (Å²) in [5.74, 6) is 2.04. The third-order valence-corrected chi connectivity index (χ3v) is 5.49. The molecule has 1 aliphatic heterocycles. The zero-order valence-corrected chi connectivity index (χ0v) is 17.3. The van der Waals surface area contributed by atoms with Crippen LogP contribution in [0.15, 0.2) is 77.7 Å². The molecule has 5 aromatic rings. The van der Waals surface area contributed by atoms with E-state index < -0.39 is 0 Å². The summed E-state index contributed by atoms with van der Waals surface area (Å²) in [6.45, 7) is 2.82. The number of fused-ring (bicyclic) bond motifs is 1. The van der Waals surface area contributed by atoms with E-state index in [-0.39, 0.29) is 0 Å². The molecule has 4 aromatic heterocycles. The van der Waals surface area contributed by atoms with Crippen molar-refractivity contribution in [1.29, 1.82) is 0 Å². The van der Waals surface area contributed by atoms with Gasteiger partial charge in [-0.25, -0.2) is 14.6 Å². The summed E-state index contributed by atoms with van der Waals surface area (Å²) in [6, 6.07) is 17.8. The lowest BCUT2D eigenvalue weighted by molar-refractivity contribution is 0.122. The molecule has 0 atom stereocenters. The molecule has 0 aliphatic carbocycles. The lowest BCUT2D eigenvalue weighted by Gasteiger charge is -2.28. The number of morpholine rings is 1. The monoisotopic (exact) mass is 424 g/mol. The molecule has 5 heterocycles. The molecule has 1 fully saturated rings. The van der Waals surface area contributed by atoms with Crippen molar-refractivity contribution in [2.45, 2.75) is 0 Å². The first-order valence-electron chi connectivity index (χ1n) is 10.5. The predicted molar refractivity (Wildman–Crippen MR) is 121 cm³/mol. The average Bonchev–Trinajstić information content (AvgIpc) is 3.57. The van der Waals surface area contributed by atoms with Gasteiger partial charge in [-0.1, -0.05) is 30.3 Å². The van der Waals surface area contributed by atoms with Gasteiger partial charge in [0.15, 0.2) is 5.82 Å². The lowest BCUT2D eigenvalue weighted by atomic mass is 10.2. The fourth-order valence-electron chi connectivity index (χ4n) is 3.86. The highest BCUT2D eigenvalue weighted by molar-refractivity contribution is 5.88. The van der Waals surface area contributed by atoms with Crippen LogP contribution >= 0.6 is 0 Å². The highest BCUT2D eigenvalue weighted by atomic mass is 16.5. The minimum Gasteiger partial charge on any atom is -0.464 e. The fraction of sp³-hybridized carbons (Fsp3) is 0.167. The number of hydrogen-bond donors (Lipinski definition) is 0. The molecular formula is C24H20N6O2. The normalized spacial score (nSPS) is 14.2. The van der Waals surface area contributed by atoms with Gasteiger partial charge in [0.05, 0.1) is 30.7 Å². The molecule has 1 aromatic carbocycles. The highest BCUT2D eigenvalue weighted by Gasteiger charge is 2.20. The first-order valence-corrected chi connectivity index (χ1v) is 10.5. The number of aromatic nitrogens is 5. The molecule has 0 N–H and O–H groups in total. The molecule has 0 saturated carbocycles. The Balaban J connectivity index is 1.49. The van der Waals surface area contributed by atoms with Crippen LogP contribution in [0.5, 0.6) is 0 Å². The van der Waals surface area contributed by atoms with Crippen LogP contribution in [0.3, 0.4) is 0 Å². The van der Waals surface area contributed by atoms with Gasteiger partial charge in [-0.05, 0) is 24.3 Å².